The molecule has 0 atom stereocenters. The molecule has 3 heterocycles. The number of halogens is 1. The first-order valence-corrected chi connectivity index (χ1v) is 10.7. The number of likely N-dealkylation sites (N-methyl/N-ethyl adjacent to an activating group) is 1. The molecular formula is C26H23FN6. The molecule has 5 aromatic rings. The molecule has 6 nitrogen and oxygen atoms in total. The van der Waals surface area contributed by atoms with Gasteiger partial charge in [-0.05, 0) is 43.9 Å². The van der Waals surface area contributed by atoms with Crippen LogP contribution < -0.4 is 0 Å². The number of pyridine rings is 1. The van der Waals surface area contributed by atoms with Crippen LogP contribution in [0.4, 0.5) is 10.1 Å². The van der Waals surface area contributed by atoms with Crippen LogP contribution in [0.15, 0.2) is 61.1 Å². The number of aryl methyl sites for hydroxylation is 1. The fraction of sp³-hybridized carbons (Fsp3) is 0.192. The zero-order valence-corrected chi connectivity index (χ0v) is 18.7. The first-order chi connectivity index (χ1) is 16.0. The summed E-state index contributed by atoms with van der Waals surface area (Å²) in [5, 5.41) is 6.36. The average molecular weight is 439 g/mol. The Morgan fingerprint density at radius 2 is 1.85 bits per heavy atom. The summed E-state index contributed by atoms with van der Waals surface area (Å²) in [5.41, 5.74) is 5.30. The van der Waals surface area contributed by atoms with Gasteiger partial charge in [-0.2, -0.15) is 5.10 Å². The summed E-state index contributed by atoms with van der Waals surface area (Å²) >= 11 is 0. The molecule has 0 spiro atoms. The molecule has 3 aromatic heterocycles. The normalized spacial score (nSPS) is 11.5. The van der Waals surface area contributed by atoms with Crippen molar-refractivity contribution in [3.63, 3.8) is 0 Å². The Kier molecular flexibility index (Phi) is 5.15. The van der Waals surface area contributed by atoms with Gasteiger partial charge in [0.1, 0.15) is 5.82 Å². The first-order valence-electron chi connectivity index (χ1n) is 10.7. The van der Waals surface area contributed by atoms with E-state index in [1.54, 1.807) is 6.07 Å². The van der Waals surface area contributed by atoms with Crippen molar-refractivity contribution >= 4 is 27.5 Å². The Balaban J connectivity index is 1.75. The van der Waals surface area contributed by atoms with Crippen molar-refractivity contribution in [1.29, 1.82) is 0 Å². The van der Waals surface area contributed by atoms with Gasteiger partial charge in [0.25, 0.3) is 0 Å². The maximum atomic E-state index is 14.6. The van der Waals surface area contributed by atoms with Crippen LogP contribution in [0.5, 0.6) is 0 Å². The van der Waals surface area contributed by atoms with E-state index < -0.39 is 5.82 Å². The lowest BCUT2D eigenvalue weighted by Gasteiger charge is -2.14. The van der Waals surface area contributed by atoms with Crippen molar-refractivity contribution < 1.29 is 4.39 Å². The number of aromatic nitrogens is 4. The lowest BCUT2D eigenvalue weighted by Crippen LogP contribution is -2.17. The van der Waals surface area contributed by atoms with Crippen molar-refractivity contribution in [2.45, 2.75) is 6.54 Å². The summed E-state index contributed by atoms with van der Waals surface area (Å²) < 4.78 is 18.6. The Morgan fingerprint density at radius 1 is 1.03 bits per heavy atom. The van der Waals surface area contributed by atoms with Crippen LogP contribution in [0, 0.1) is 12.4 Å². The predicted molar refractivity (Wildman–Crippen MR) is 130 cm³/mol. The Morgan fingerprint density at radius 3 is 2.61 bits per heavy atom. The average Bonchev–Trinajstić information content (AvgIpc) is 3.40. The number of rotatable bonds is 5. The van der Waals surface area contributed by atoms with Gasteiger partial charge < -0.3 is 9.47 Å². The van der Waals surface area contributed by atoms with Crippen molar-refractivity contribution in [2.24, 2.45) is 7.05 Å². The van der Waals surface area contributed by atoms with Gasteiger partial charge in [0.15, 0.2) is 0 Å². The molecule has 0 aliphatic heterocycles. The maximum absolute atomic E-state index is 14.6. The molecular weight excluding hydrogens is 415 g/mol. The molecule has 0 N–H and O–H groups in total. The van der Waals surface area contributed by atoms with Gasteiger partial charge in [0, 0.05) is 48.2 Å². The number of hydrogen-bond acceptors (Lipinski definition) is 3. The molecule has 0 radical (unpaired) electrons. The van der Waals surface area contributed by atoms with Crippen LogP contribution in [0.1, 0.15) is 0 Å². The van der Waals surface area contributed by atoms with Crippen molar-refractivity contribution in [3.05, 3.63) is 78.3 Å². The highest BCUT2D eigenvalue weighted by Gasteiger charge is 2.18. The second-order valence-corrected chi connectivity index (χ2v) is 8.41. The molecule has 0 aliphatic carbocycles. The second-order valence-electron chi connectivity index (χ2n) is 8.41. The minimum absolute atomic E-state index is 0.0146. The third kappa shape index (κ3) is 3.65. The Labute approximate surface area is 191 Å². The summed E-state index contributed by atoms with van der Waals surface area (Å²) in [6.45, 7) is 8.91. The summed E-state index contributed by atoms with van der Waals surface area (Å²) in [4.78, 5) is 10.3. The third-order valence-electron chi connectivity index (χ3n) is 5.99. The van der Waals surface area contributed by atoms with Crippen LogP contribution in [0.25, 0.3) is 49.0 Å². The standard InChI is InChI=1S/C26H23FN6/c1-28-22-7-5-17(14-21(22)27)25-20-9-10-33(12-11-31(2)3)24(20)16-29-26(25)18-6-8-23-19(13-18)15-30-32(23)4/h5-10,13-16H,11-12H2,2-4H3. The zero-order chi connectivity index (χ0) is 23.1. The highest BCUT2D eigenvalue weighted by atomic mass is 19.1. The van der Waals surface area contributed by atoms with Crippen LogP contribution in [0.3, 0.4) is 0 Å². The van der Waals surface area contributed by atoms with Crippen molar-refractivity contribution in [3.8, 4) is 22.4 Å². The smallest absolute Gasteiger partial charge is 0.222 e. The van der Waals surface area contributed by atoms with Crippen LogP contribution in [0.2, 0.25) is 0 Å². The van der Waals surface area contributed by atoms with Crippen LogP contribution in [-0.2, 0) is 13.6 Å². The summed E-state index contributed by atoms with van der Waals surface area (Å²) in [5.74, 6) is -0.528. The molecule has 0 saturated carbocycles. The van der Waals surface area contributed by atoms with E-state index in [-0.39, 0.29) is 5.69 Å². The molecule has 0 fully saturated rings. The molecule has 5 rings (SSSR count). The number of fused-ring (bicyclic) bond motifs is 2. The predicted octanol–water partition coefficient (Wildman–Crippen LogP) is 5.51. The molecule has 7 heteroatoms. The number of hydrogen-bond donors (Lipinski definition) is 0. The second kappa shape index (κ2) is 8.15. The lowest BCUT2D eigenvalue weighted by molar-refractivity contribution is 0.387. The SMILES string of the molecule is [C-]#[N+]c1ccc(-c2c(-c3ccc4c(cnn4C)c3)ncc3c2ccn3CCN(C)C)cc1F. The highest BCUT2D eigenvalue weighted by Crippen LogP contribution is 2.39. The largest absolute Gasteiger partial charge is 0.345 e. The molecule has 33 heavy (non-hydrogen) atoms. The van der Waals surface area contributed by atoms with Crippen molar-refractivity contribution in [1.82, 2.24) is 24.2 Å². The van der Waals surface area contributed by atoms with E-state index >= 15 is 0 Å². The molecule has 0 unspecified atom stereocenters. The monoisotopic (exact) mass is 438 g/mol. The molecule has 0 saturated heterocycles. The van der Waals surface area contributed by atoms with Gasteiger partial charge >= 0.3 is 0 Å². The Hall–Kier alpha value is -4.02. The van der Waals surface area contributed by atoms with Crippen molar-refractivity contribution in [2.75, 3.05) is 20.6 Å². The Bertz CT molecular complexity index is 1540. The highest BCUT2D eigenvalue weighted by molar-refractivity contribution is 6.02. The number of nitrogens with zero attached hydrogens (tertiary/aromatic N) is 6. The summed E-state index contributed by atoms with van der Waals surface area (Å²) in [7, 11) is 6.00. The van der Waals surface area contributed by atoms with Crippen LogP contribution >= 0.6 is 0 Å². The van der Waals surface area contributed by atoms with Gasteiger partial charge in [0.05, 0.1) is 35.7 Å². The maximum Gasteiger partial charge on any atom is 0.222 e. The quantitative estimate of drug-likeness (QED) is 0.340. The molecule has 2 aromatic carbocycles. The van der Waals surface area contributed by atoms with E-state index in [0.717, 1.165) is 51.7 Å². The van der Waals surface area contributed by atoms with Gasteiger partial charge in [-0.3, -0.25) is 9.67 Å². The van der Waals surface area contributed by atoms with E-state index in [4.69, 9.17) is 11.6 Å². The van der Waals surface area contributed by atoms with E-state index in [0.29, 0.717) is 5.56 Å². The van der Waals surface area contributed by atoms with E-state index in [1.807, 2.05) is 50.4 Å². The van der Waals surface area contributed by atoms with Gasteiger partial charge in [-0.1, -0.05) is 18.2 Å². The zero-order valence-electron chi connectivity index (χ0n) is 18.7. The van der Waals surface area contributed by atoms with Crippen LogP contribution in [-0.4, -0.2) is 44.9 Å². The molecule has 0 aliphatic rings. The summed E-state index contributed by atoms with van der Waals surface area (Å²) in [6, 6.07) is 12.9. The molecule has 164 valence electrons. The van der Waals surface area contributed by atoms with E-state index in [9.17, 15) is 4.39 Å². The van der Waals surface area contributed by atoms with Gasteiger partial charge in [-0.15, -0.1) is 0 Å². The fourth-order valence-corrected chi connectivity index (χ4v) is 4.24. The van der Waals surface area contributed by atoms with Gasteiger partial charge in [-0.25, -0.2) is 9.24 Å². The number of benzene rings is 2. The lowest BCUT2D eigenvalue weighted by atomic mass is 9.95. The minimum Gasteiger partial charge on any atom is -0.345 e. The summed E-state index contributed by atoms with van der Waals surface area (Å²) in [6.07, 6.45) is 5.78. The molecule has 0 amide bonds. The van der Waals surface area contributed by atoms with Gasteiger partial charge in [0.2, 0.25) is 5.69 Å². The van der Waals surface area contributed by atoms with E-state index in [1.165, 1.54) is 12.1 Å². The minimum atomic E-state index is -0.528. The topological polar surface area (TPSA) is 43.2 Å². The first kappa shape index (κ1) is 20.9. The third-order valence-corrected chi connectivity index (χ3v) is 5.99. The fourth-order valence-electron chi connectivity index (χ4n) is 4.24. The van der Waals surface area contributed by atoms with E-state index in [2.05, 4.69) is 37.7 Å². The molecule has 0 bridgehead atoms.